The van der Waals surface area contributed by atoms with Gasteiger partial charge < -0.3 is 4.74 Å². The van der Waals surface area contributed by atoms with E-state index in [1.54, 1.807) is 24.3 Å². The average molecular weight is 440 g/mol. The summed E-state index contributed by atoms with van der Waals surface area (Å²) in [4.78, 5) is 0. The second-order valence-corrected chi connectivity index (χ2v) is 10.2. The number of anilines is 1. The zero-order valence-corrected chi connectivity index (χ0v) is 20.3. The van der Waals surface area contributed by atoms with Crippen molar-refractivity contribution in [2.75, 3.05) is 17.1 Å². The van der Waals surface area contributed by atoms with E-state index in [-0.39, 0.29) is 5.75 Å². The monoisotopic (exact) mass is 439 g/mol. The highest BCUT2D eigenvalue weighted by molar-refractivity contribution is 7.92. The molecule has 0 saturated heterocycles. The van der Waals surface area contributed by atoms with Gasteiger partial charge in [-0.15, -0.1) is 0 Å². The number of rotatable bonds is 20. The van der Waals surface area contributed by atoms with Gasteiger partial charge in [-0.1, -0.05) is 97.3 Å². The quantitative estimate of drug-likeness (QED) is 0.212. The molecule has 0 atom stereocenters. The summed E-state index contributed by atoms with van der Waals surface area (Å²) in [7, 11) is -3.27. The molecule has 0 bridgehead atoms. The first-order valence-electron chi connectivity index (χ1n) is 12.3. The first-order chi connectivity index (χ1) is 14.6. The molecule has 0 fully saturated rings. The molecule has 1 aromatic carbocycles. The Balaban J connectivity index is 2.00. The summed E-state index contributed by atoms with van der Waals surface area (Å²) in [5, 5.41) is 0. The lowest BCUT2D eigenvalue weighted by Crippen LogP contribution is -2.16. The van der Waals surface area contributed by atoms with Crippen molar-refractivity contribution < 1.29 is 13.2 Å². The van der Waals surface area contributed by atoms with Crippen LogP contribution in [0.3, 0.4) is 0 Å². The summed E-state index contributed by atoms with van der Waals surface area (Å²) in [6.07, 6.45) is 18.7. The van der Waals surface area contributed by atoms with E-state index in [0.29, 0.717) is 12.3 Å². The van der Waals surface area contributed by atoms with Crippen LogP contribution in [-0.4, -0.2) is 20.8 Å². The van der Waals surface area contributed by atoms with Crippen LogP contribution in [0.2, 0.25) is 0 Å². The zero-order chi connectivity index (χ0) is 21.9. The number of hydrogen-bond donors (Lipinski definition) is 1. The summed E-state index contributed by atoms with van der Waals surface area (Å²) >= 11 is 0. The molecule has 174 valence electrons. The zero-order valence-electron chi connectivity index (χ0n) is 19.5. The standard InChI is InChI=1S/C25H45NO3S/c1-3-5-6-7-8-9-10-11-12-13-14-15-16-17-23-30(27,28)26-24-18-20-25(21-19-24)29-22-4-2/h18-21,26H,3-17,22-23H2,1-2H3. The number of hydrogen-bond acceptors (Lipinski definition) is 3. The second kappa shape index (κ2) is 17.5. The predicted molar refractivity (Wildman–Crippen MR) is 130 cm³/mol. The second-order valence-electron chi connectivity index (χ2n) is 8.39. The van der Waals surface area contributed by atoms with Gasteiger partial charge in [0.05, 0.1) is 12.4 Å². The van der Waals surface area contributed by atoms with Gasteiger partial charge in [-0.05, 0) is 37.1 Å². The van der Waals surface area contributed by atoms with Crippen molar-refractivity contribution in [1.82, 2.24) is 0 Å². The van der Waals surface area contributed by atoms with Crippen molar-refractivity contribution in [3.05, 3.63) is 24.3 Å². The Morgan fingerprint density at radius 3 is 1.60 bits per heavy atom. The van der Waals surface area contributed by atoms with E-state index < -0.39 is 10.0 Å². The van der Waals surface area contributed by atoms with Gasteiger partial charge in [0.2, 0.25) is 10.0 Å². The van der Waals surface area contributed by atoms with Gasteiger partial charge >= 0.3 is 0 Å². The van der Waals surface area contributed by atoms with Crippen molar-refractivity contribution in [3.8, 4) is 5.75 Å². The number of benzene rings is 1. The lowest BCUT2D eigenvalue weighted by Gasteiger charge is -2.09. The fourth-order valence-electron chi connectivity index (χ4n) is 3.56. The Morgan fingerprint density at radius 1 is 0.667 bits per heavy atom. The third-order valence-corrected chi connectivity index (χ3v) is 6.74. The van der Waals surface area contributed by atoms with Crippen LogP contribution in [0, 0.1) is 0 Å². The Labute approximate surface area is 186 Å². The maximum atomic E-state index is 12.2. The summed E-state index contributed by atoms with van der Waals surface area (Å²) in [5.74, 6) is 0.964. The van der Waals surface area contributed by atoms with Gasteiger partial charge in [-0.25, -0.2) is 8.42 Å². The number of nitrogens with one attached hydrogen (secondary N) is 1. The Morgan fingerprint density at radius 2 is 1.13 bits per heavy atom. The number of sulfonamides is 1. The van der Waals surface area contributed by atoms with E-state index in [9.17, 15) is 8.42 Å². The molecule has 0 aromatic heterocycles. The molecule has 0 aliphatic carbocycles. The van der Waals surface area contributed by atoms with Crippen LogP contribution in [0.5, 0.6) is 5.75 Å². The van der Waals surface area contributed by atoms with Gasteiger partial charge in [-0.3, -0.25) is 4.72 Å². The topological polar surface area (TPSA) is 55.4 Å². The fraction of sp³-hybridized carbons (Fsp3) is 0.760. The largest absolute Gasteiger partial charge is 0.494 e. The average Bonchev–Trinajstić information content (AvgIpc) is 2.73. The first-order valence-corrected chi connectivity index (χ1v) is 14.0. The molecule has 0 amide bonds. The maximum absolute atomic E-state index is 12.2. The van der Waals surface area contributed by atoms with Gasteiger partial charge in [0.15, 0.2) is 0 Å². The van der Waals surface area contributed by atoms with E-state index in [0.717, 1.165) is 31.4 Å². The molecule has 0 unspecified atom stereocenters. The highest BCUT2D eigenvalue weighted by Crippen LogP contribution is 2.18. The molecule has 1 N–H and O–H groups in total. The molecule has 0 saturated carbocycles. The molecule has 0 aliphatic rings. The van der Waals surface area contributed by atoms with Crippen molar-refractivity contribution in [2.24, 2.45) is 0 Å². The van der Waals surface area contributed by atoms with Crippen LogP contribution in [-0.2, 0) is 10.0 Å². The van der Waals surface area contributed by atoms with Crippen molar-refractivity contribution >= 4 is 15.7 Å². The summed E-state index contributed by atoms with van der Waals surface area (Å²) in [6.45, 7) is 4.99. The van der Waals surface area contributed by atoms with Crippen LogP contribution < -0.4 is 9.46 Å². The van der Waals surface area contributed by atoms with E-state index in [1.165, 1.54) is 70.6 Å². The SMILES string of the molecule is CCCCCCCCCCCCCCCCS(=O)(=O)Nc1ccc(OCCC)cc1. The third-order valence-electron chi connectivity index (χ3n) is 5.37. The minimum atomic E-state index is -3.27. The van der Waals surface area contributed by atoms with Crippen LogP contribution in [0.1, 0.15) is 110 Å². The van der Waals surface area contributed by atoms with Crippen LogP contribution in [0.25, 0.3) is 0 Å². The van der Waals surface area contributed by atoms with Gasteiger partial charge in [-0.2, -0.15) is 0 Å². The molecule has 0 aliphatic heterocycles. The molecular weight excluding hydrogens is 394 g/mol. The molecule has 30 heavy (non-hydrogen) atoms. The summed E-state index contributed by atoms with van der Waals surface area (Å²) < 4.78 is 32.7. The Bertz CT molecular complexity index is 614. The van der Waals surface area contributed by atoms with E-state index in [2.05, 4.69) is 18.6 Å². The van der Waals surface area contributed by atoms with Crippen molar-refractivity contribution in [1.29, 1.82) is 0 Å². The Hall–Kier alpha value is -1.23. The minimum Gasteiger partial charge on any atom is -0.494 e. The minimum absolute atomic E-state index is 0.194. The predicted octanol–water partition coefficient (Wildman–Crippen LogP) is 7.70. The number of ether oxygens (including phenoxy) is 1. The first kappa shape index (κ1) is 26.8. The summed E-state index contributed by atoms with van der Waals surface area (Å²) in [6, 6.07) is 7.13. The van der Waals surface area contributed by atoms with Crippen LogP contribution in [0.15, 0.2) is 24.3 Å². The third kappa shape index (κ3) is 14.7. The molecule has 4 nitrogen and oxygen atoms in total. The molecular formula is C25H45NO3S. The highest BCUT2D eigenvalue weighted by atomic mass is 32.2. The van der Waals surface area contributed by atoms with Crippen molar-refractivity contribution in [3.63, 3.8) is 0 Å². The maximum Gasteiger partial charge on any atom is 0.232 e. The van der Waals surface area contributed by atoms with Gasteiger partial charge in [0.25, 0.3) is 0 Å². The lowest BCUT2D eigenvalue weighted by atomic mass is 10.0. The molecule has 5 heteroatoms. The summed E-state index contributed by atoms with van der Waals surface area (Å²) in [5.41, 5.74) is 0.601. The van der Waals surface area contributed by atoms with Gasteiger partial charge in [0, 0.05) is 5.69 Å². The van der Waals surface area contributed by atoms with Crippen LogP contribution in [0.4, 0.5) is 5.69 Å². The molecule has 0 radical (unpaired) electrons. The van der Waals surface area contributed by atoms with E-state index >= 15 is 0 Å². The fourth-order valence-corrected chi connectivity index (χ4v) is 4.74. The van der Waals surface area contributed by atoms with Crippen molar-refractivity contribution in [2.45, 2.75) is 110 Å². The molecule has 1 aromatic rings. The Kier molecular flexibility index (Phi) is 15.6. The van der Waals surface area contributed by atoms with E-state index in [1.807, 2.05) is 0 Å². The molecule has 0 spiro atoms. The highest BCUT2D eigenvalue weighted by Gasteiger charge is 2.10. The normalized spacial score (nSPS) is 11.5. The number of unbranched alkanes of at least 4 members (excludes halogenated alkanes) is 13. The molecule has 0 heterocycles. The smallest absolute Gasteiger partial charge is 0.232 e. The lowest BCUT2D eigenvalue weighted by molar-refractivity contribution is 0.317. The van der Waals surface area contributed by atoms with Crippen LogP contribution >= 0.6 is 0 Å². The van der Waals surface area contributed by atoms with Gasteiger partial charge in [0.1, 0.15) is 5.75 Å². The van der Waals surface area contributed by atoms with E-state index in [4.69, 9.17) is 4.74 Å². The molecule has 1 rings (SSSR count).